The third-order valence-electron chi connectivity index (χ3n) is 6.06. The zero-order valence-electron chi connectivity index (χ0n) is 18.3. The number of urea groups is 1. The SMILES string of the molecule is O=C(NCc1ccn2ccnc2c1)Nc1ccc(OC2CN(C(=O)C3CCOCC3)C2)cc1. The number of nitrogens with one attached hydrogen (secondary N) is 2. The van der Waals surface area contributed by atoms with Crippen LogP contribution in [0.4, 0.5) is 10.5 Å². The first kappa shape index (κ1) is 21.3. The van der Waals surface area contributed by atoms with Crippen molar-refractivity contribution in [2.75, 3.05) is 31.6 Å². The Morgan fingerprint density at radius 1 is 1.09 bits per heavy atom. The lowest BCUT2D eigenvalue weighted by molar-refractivity contribution is -0.147. The molecule has 0 aliphatic carbocycles. The molecule has 0 bridgehead atoms. The second-order valence-corrected chi connectivity index (χ2v) is 8.43. The second kappa shape index (κ2) is 9.50. The van der Waals surface area contributed by atoms with Gasteiger partial charge in [0.1, 0.15) is 17.5 Å². The Labute approximate surface area is 191 Å². The third-order valence-corrected chi connectivity index (χ3v) is 6.06. The number of nitrogens with zero attached hydrogens (tertiary/aromatic N) is 3. The molecule has 4 heterocycles. The van der Waals surface area contributed by atoms with Crippen LogP contribution in [0.25, 0.3) is 5.65 Å². The van der Waals surface area contributed by atoms with Crippen molar-refractivity contribution in [2.24, 2.45) is 5.92 Å². The fraction of sp³-hybridized carbons (Fsp3) is 0.375. The van der Waals surface area contributed by atoms with Gasteiger partial charge in [0.15, 0.2) is 0 Å². The molecule has 2 aliphatic rings. The summed E-state index contributed by atoms with van der Waals surface area (Å²) in [6.45, 7) is 2.97. The maximum absolute atomic E-state index is 12.5. The molecule has 3 amide bonds. The van der Waals surface area contributed by atoms with E-state index in [9.17, 15) is 9.59 Å². The van der Waals surface area contributed by atoms with Gasteiger partial charge in [-0.3, -0.25) is 4.79 Å². The van der Waals surface area contributed by atoms with Crippen molar-refractivity contribution in [3.63, 3.8) is 0 Å². The molecule has 2 aliphatic heterocycles. The van der Waals surface area contributed by atoms with Crippen LogP contribution < -0.4 is 15.4 Å². The number of anilines is 1. The monoisotopic (exact) mass is 449 g/mol. The first-order valence-corrected chi connectivity index (χ1v) is 11.2. The number of aromatic nitrogens is 2. The molecular weight excluding hydrogens is 422 g/mol. The standard InChI is InChI=1S/C24H27N5O4/c30-23(18-6-11-32-12-7-18)29-15-21(16-29)33-20-3-1-19(2-4-20)27-24(31)26-14-17-5-9-28-10-8-25-22(28)13-17/h1-5,8-10,13,18,21H,6-7,11-12,14-16H2,(H2,26,27,31). The number of imidazole rings is 1. The zero-order chi connectivity index (χ0) is 22.6. The minimum absolute atomic E-state index is 0.00307. The molecule has 2 N–H and O–H groups in total. The molecule has 1 aromatic carbocycles. The summed E-state index contributed by atoms with van der Waals surface area (Å²) in [5, 5.41) is 5.67. The quantitative estimate of drug-likeness (QED) is 0.603. The number of likely N-dealkylation sites (tertiary alicyclic amines) is 1. The van der Waals surface area contributed by atoms with Crippen LogP contribution in [0.2, 0.25) is 0 Å². The van der Waals surface area contributed by atoms with E-state index < -0.39 is 0 Å². The van der Waals surface area contributed by atoms with Gasteiger partial charge in [0, 0.05) is 50.0 Å². The lowest BCUT2D eigenvalue weighted by Gasteiger charge is -2.41. The molecule has 5 rings (SSSR count). The zero-order valence-corrected chi connectivity index (χ0v) is 18.3. The summed E-state index contributed by atoms with van der Waals surface area (Å²) in [5.74, 6) is 1.02. The van der Waals surface area contributed by atoms with Crippen LogP contribution in [-0.4, -0.2) is 58.6 Å². The van der Waals surface area contributed by atoms with E-state index >= 15 is 0 Å². The van der Waals surface area contributed by atoms with Crippen LogP contribution in [0, 0.1) is 5.92 Å². The Hall–Kier alpha value is -3.59. The molecule has 3 aromatic rings. The van der Waals surface area contributed by atoms with E-state index in [2.05, 4.69) is 15.6 Å². The third kappa shape index (κ3) is 5.09. The molecule has 9 nitrogen and oxygen atoms in total. The van der Waals surface area contributed by atoms with Crippen LogP contribution in [0.3, 0.4) is 0 Å². The summed E-state index contributed by atoms with van der Waals surface area (Å²) in [7, 11) is 0. The van der Waals surface area contributed by atoms with Gasteiger partial charge in [0.2, 0.25) is 5.91 Å². The average molecular weight is 450 g/mol. The van der Waals surface area contributed by atoms with Gasteiger partial charge in [-0.1, -0.05) is 0 Å². The normalized spacial score (nSPS) is 16.9. The maximum atomic E-state index is 12.5. The smallest absolute Gasteiger partial charge is 0.319 e. The number of fused-ring (bicyclic) bond motifs is 1. The number of benzene rings is 1. The highest BCUT2D eigenvalue weighted by molar-refractivity contribution is 5.89. The number of rotatable bonds is 6. The molecule has 0 radical (unpaired) electrons. The molecule has 0 spiro atoms. The predicted molar refractivity (Wildman–Crippen MR) is 122 cm³/mol. The van der Waals surface area contributed by atoms with Crippen LogP contribution >= 0.6 is 0 Å². The van der Waals surface area contributed by atoms with Crippen molar-refractivity contribution in [1.29, 1.82) is 0 Å². The van der Waals surface area contributed by atoms with Crippen molar-refractivity contribution in [2.45, 2.75) is 25.5 Å². The number of amides is 3. The van der Waals surface area contributed by atoms with Crippen LogP contribution in [0.1, 0.15) is 18.4 Å². The molecule has 33 heavy (non-hydrogen) atoms. The fourth-order valence-electron chi connectivity index (χ4n) is 4.12. The summed E-state index contributed by atoms with van der Waals surface area (Å²) >= 11 is 0. The Morgan fingerprint density at radius 3 is 2.67 bits per heavy atom. The first-order chi connectivity index (χ1) is 16.1. The number of hydrogen-bond donors (Lipinski definition) is 2. The van der Waals surface area contributed by atoms with E-state index in [-0.39, 0.29) is 24.0 Å². The van der Waals surface area contributed by atoms with Crippen molar-refractivity contribution < 1.29 is 19.1 Å². The molecule has 0 unspecified atom stereocenters. The minimum Gasteiger partial charge on any atom is -0.487 e. The summed E-state index contributed by atoms with van der Waals surface area (Å²) in [6.07, 6.45) is 7.15. The summed E-state index contributed by atoms with van der Waals surface area (Å²) in [4.78, 5) is 30.8. The Bertz CT molecular complexity index is 1120. The summed E-state index contributed by atoms with van der Waals surface area (Å²) < 4.78 is 13.2. The molecule has 172 valence electrons. The summed E-state index contributed by atoms with van der Waals surface area (Å²) in [5.41, 5.74) is 2.48. The number of hydrogen-bond acceptors (Lipinski definition) is 5. The highest BCUT2D eigenvalue weighted by atomic mass is 16.5. The lowest BCUT2D eigenvalue weighted by Crippen LogP contribution is -2.58. The van der Waals surface area contributed by atoms with Gasteiger partial charge in [-0.25, -0.2) is 9.78 Å². The molecule has 2 aromatic heterocycles. The van der Waals surface area contributed by atoms with Gasteiger partial charge < -0.3 is 29.4 Å². The number of carbonyl (C=O) groups excluding carboxylic acids is 2. The van der Waals surface area contributed by atoms with E-state index in [1.54, 1.807) is 18.3 Å². The Balaban J connectivity index is 1.05. The van der Waals surface area contributed by atoms with Crippen molar-refractivity contribution in [3.05, 3.63) is 60.6 Å². The largest absolute Gasteiger partial charge is 0.487 e. The van der Waals surface area contributed by atoms with E-state index in [1.807, 2.05) is 46.0 Å². The van der Waals surface area contributed by atoms with Gasteiger partial charge in [-0.05, 0) is 54.8 Å². The van der Waals surface area contributed by atoms with Gasteiger partial charge in [0.25, 0.3) is 0 Å². The number of ether oxygens (including phenoxy) is 2. The van der Waals surface area contributed by atoms with Crippen molar-refractivity contribution in [3.8, 4) is 5.75 Å². The molecule has 2 saturated heterocycles. The molecule has 0 saturated carbocycles. The minimum atomic E-state index is -0.284. The molecule has 9 heteroatoms. The Kier molecular flexibility index (Phi) is 6.12. The molecular formula is C24H27N5O4. The highest BCUT2D eigenvalue weighted by Crippen LogP contribution is 2.24. The van der Waals surface area contributed by atoms with E-state index in [0.717, 1.165) is 29.8 Å². The highest BCUT2D eigenvalue weighted by Gasteiger charge is 2.36. The number of carbonyl (C=O) groups is 2. The van der Waals surface area contributed by atoms with Crippen LogP contribution in [0.15, 0.2) is 55.0 Å². The van der Waals surface area contributed by atoms with Crippen molar-refractivity contribution in [1.82, 2.24) is 19.6 Å². The van der Waals surface area contributed by atoms with Gasteiger partial charge >= 0.3 is 6.03 Å². The topological polar surface area (TPSA) is 97.2 Å². The lowest BCUT2D eigenvalue weighted by atomic mass is 9.96. The van der Waals surface area contributed by atoms with Gasteiger partial charge in [-0.15, -0.1) is 0 Å². The van der Waals surface area contributed by atoms with Crippen LogP contribution in [0.5, 0.6) is 5.75 Å². The van der Waals surface area contributed by atoms with Gasteiger partial charge in [0.05, 0.1) is 13.1 Å². The maximum Gasteiger partial charge on any atom is 0.319 e. The van der Waals surface area contributed by atoms with Crippen LogP contribution in [-0.2, 0) is 16.1 Å². The predicted octanol–water partition coefficient (Wildman–Crippen LogP) is 2.67. The summed E-state index contributed by atoms with van der Waals surface area (Å²) in [6, 6.07) is 10.8. The number of pyridine rings is 1. The Morgan fingerprint density at radius 2 is 1.88 bits per heavy atom. The van der Waals surface area contributed by atoms with E-state index in [1.165, 1.54) is 0 Å². The molecule has 2 fully saturated rings. The second-order valence-electron chi connectivity index (χ2n) is 8.43. The fourth-order valence-corrected chi connectivity index (χ4v) is 4.12. The van der Waals surface area contributed by atoms with E-state index in [0.29, 0.717) is 38.5 Å². The average Bonchev–Trinajstić information content (AvgIpc) is 3.29. The van der Waals surface area contributed by atoms with Gasteiger partial charge in [-0.2, -0.15) is 0 Å². The first-order valence-electron chi connectivity index (χ1n) is 11.2. The van der Waals surface area contributed by atoms with Crippen molar-refractivity contribution >= 4 is 23.3 Å². The van der Waals surface area contributed by atoms with E-state index in [4.69, 9.17) is 9.47 Å². The molecule has 0 atom stereocenters.